The van der Waals surface area contributed by atoms with Crippen LogP contribution in [0.1, 0.15) is 12.5 Å². The molecule has 7 heteroatoms. The molecule has 134 valence electrons. The van der Waals surface area contributed by atoms with Crippen molar-refractivity contribution in [2.24, 2.45) is 4.99 Å². The number of hydrogen-bond acceptors (Lipinski definition) is 5. The molecule has 2 heterocycles. The summed E-state index contributed by atoms with van der Waals surface area (Å²) in [7, 11) is 0. The van der Waals surface area contributed by atoms with Gasteiger partial charge in [0.25, 0.3) is 0 Å². The van der Waals surface area contributed by atoms with Gasteiger partial charge < -0.3 is 10.6 Å². The maximum atomic E-state index is 6.03. The van der Waals surface area contributed by atoms with Gasteiger partial charge in [-0.15, -0.1) is 0 Å². The summed E-state index contributed by atoms with van der Waals surface area (Å²) in [5, 5.41) is 9.47. The molecule has 1 saturated heterocycles. The monoisotopic (exact) mass is 402 g/mol. The largest absolute Gasteiger partial charge is 0.361 e. The van der Waals surface area contributed by atoms with Gasteiger partial charge in [-0.05, 0) is 49.2 Å². The molecule has 1 aliphatic rings. The molecule has 4 rings (SSSR count). The van der Waals surface area contributed by atoms with Gasteiger partial charge in [-0.25, -0.2) is 9.98 Å². The van der Waals surface area contributed by atoms with Crippen molar-refractivity contribution in [3.63, 3.8) is 0 Å². The minimum Gasteiger partial charge on any atom is -0.361 e. The number of thiazole rings is 1. The van der Waals surface area contributed by atoms with Crippen LogP contribution in [0, 0.1) is 0 Å². The Morgan fingerprint density at radius 2 is 2.12 bits per heavy atom. The van der Waals surface area contributed by atoms with Crippen LogP contribution < -0.4 is 10.6 Å². The third-order valence-corrected chi connectivity index (χ3v) is 6.41. The molecule has 4 nitrogen and oxygen atoms in total. The van der Waals surface area contributed by atoms with Crippen LogP contribution in [0.15, 0.2) is 47.5 Å². The second-order valence-electron chi connectivity index (χ2n) is 6.25. The molecule has 0 radical (unpaired) electrons. The molecule has 26 heavy (non-hydrogen) atoms. The van der Waals surface area contributed by atoms with Gasteiger partial charge in [0, 0.05) is 23.4 Å². The maximum Gasteiger partial charge on any atom is 0.183 e. The molecular formula is C19H19ClN4S2. The fourth-order valence-corrected chi connectivity index (χ4v) is 4.82. The predicted octanol–water partition coefficient (Wildman–Crippen LogP) is 5.32. The van der Waals surface area contributed by atoms with Crippen molar-refractivity contribution >= 4 is 60.9 Å². The van der Waals surface area contributed by atoms with Crippen molar-refractivity contribution in [2.45, 2.75) is 19.4 Å². The van der Waals surface area contributed by atoms with Crippen LogP contribution in [0.4, 0.5) is 10.8 Å². The summed E-state index contributed by atoms with van der Waals surface area (Å²) in [5.41, 5.74) is 3.26. The summed E-state index contributed by atoms with van der Waals surface area (Å²) >= 11 is 9.44. The lowest BCUT2D eigenvalue weighted by Crippen LogP contribution is -2.22. The Balaban J connectivity index is 1.32. The number of hydrogen-bond donors (Lipinski definition) is 2. The topological polar surface area (TPSA) is 49.3 Å². The molecule has 0 aliphatic carbocycles. The first-order chi connectivity index (χ1) is 12.7. The quantitative estimate of drug-likeness (QED) is 0.606. The number of benzene rings is 2. The molecule has 1 aromatic heterocycles. The number of nitrogens with zero attached hydrogens (tertiary/aromatic N) is 2. The van der Waals surface area contributed by atoms with Crippen LogP contribution in [0.25, 0.3) is 10.2 Å². The molecule has 2 aromatic carbocycles. The fraction of sp³-hybridized carbons (Fsp3) is 0.263. The summed E-state index contributed by atoms with van der Waals surface area (Å²) in [5.74, 6) is 1.08. The molecular weight excluding hydrogens is 384 g/mol. The zero-order valence-electron chi connectivity index (χ0n) is 14.3. The molecule has 1 atom stereocenters. The van der Waals surface area contributed by atoms with Gasteiger partial charge in [-0.2, -0.15) is 0 Å². The molecule has 0 bridgehead atoms. The number of anilines is 1. The summed E-state index contributed by atoms with van der Waals surface area (Å²) in [4.78, 5) is 9.23. The van der Waals surface area contributed by atoms with Gasteiger partial charge in [0.05, 0.1) is 15.9 Å². The van der Waals surface area contributed by atoms with Crippen molar-refractivity contribution in [1.29, 1.82) is 0 Å². The lowest BCUT2D eigenvalue weighted by Gasteiger charge is -2.04. The Kier molecular flexibility index (Phi) is 5.33. The highest BCUT2D eigenvalue weighted by Gasteiger charge is 2.15. The standard InChI is InChI=1S/C19H19ClN4S2/c1-12-11-25-19(22-12)23-15-5-2-13(3-6-15)8-9-21-18-24-16-7-4-14(20)10-17(16)26-18/h2-7,10,12H,8-9,11H2,1H3,(H,21,24)(H,22,23)/t12-/m1/s1. The number of aromatic nitrogens is 1. The third kappa shape index (κ3) is 4.31. The van der Waals surface area contributed by atoms with E-state index in [2.05, 4.69) is 51.8 Å². The number of halogens is 1. The van der Waals surface area contributed by atoms with Crippen LogP contribution in [0.2, 0.25) is 5.02 Å². The van der Waals surface area contributed by atoms with Gasteiger partial charge in [0.1, 0.15) is 0 Å². The van der Waals surface area contributed by atoms with Crippen molar-refractivity contribution in [1.82, 2.24) is 10.3 Å². The number of nitrogens with one attached hydrogen (secondary N) is 2. The van der Waals surface area contributed by atoms with E-state index in [4.69, 9.17) is 11.6 Å². The molecule has 0 amide bonds. The number of amidine groups is 1. The summed E-state index contributed by atoms with van der Waals surface area (Å²) in [6, 6.07) is 14.7. The average Bonchev–Trinajstić information content (AvgIpc) is 3.21. The normalized spacial score (nSPS) is 18.4. The first-order valence-electron chi connectivity index (χ1n) is 8.53. The van der Waals surface area contributed by atoms with E-state index in [-0.39, 0.29) is 0 Å². The van der Waals surface area contributed by atoms with Crippen molar-refractivity contribution < 1.29 is 0 Å². The number of thioether (sulfide) groups is 1. The smallest absolute Gasteiger partial charge is 0.183 e. The lowest BCUT2D eigenvalue weighted by atomic mass is 10.1. The molecule has 0 unspecified atom stereocenters. The van der Waals surface area contributed by atoms with Crippen LogP contribution in [0.3, 0.4) is 0 Å². The number of aliphatic imine (C=N–C) groups is 1. The van der Waals surface area contributed by atoms with Gasteiger partial charge in [0.2, 0.25) is 0 Å². The van der Waals surface area contributed by atoms with Gasteiger partial charge >= 0.3 is 0 Å². The highest BCUT2D eigenvalue weighted by Crippen LogP contribution is 2.28. The predicted molar refractivity (Wildman–Crippen MR) is 115 cm³/mol. The fourth-order valence-electron chi connectivity index (χ4n) is 2.70. The Labute approximate surface area is 166 Å². The summed E-state index contributed by atoms with van der Waals surface area (Å²) in [6.45, 7) is 3.02. The zero-order chi connectivity index (χ0) is 17.9. The highest BCUT2D eigenvalue weighted by molar-refractivity contribution is 8.14. The van der Waals surface area contributed by atoms with E-state index in [0.29, 0.717) is 6.04 Å². The SMILES string of the molecule is C[C@@H]1CS/C(=N\c2ccc(CCNc3nc4ccc(Cl)cc4s3)cc2)N1. The number of rotatable bonds is 5. The molecule has 1 aliphatic heterocycles. The van der Waals surface area contributed by atoms with Crippen molar-refractivity contribution in [3.05, 3.63) is 53.1 Å². The van der Waals surface area contributed by atoms with Crippen LogP contribution in [-0.4, -0.2) is 28.5 Å². The first-order valence-corrected chi connectivity index (χ1v) is 10.7. The van der Waals surface area contributed by atoms with Crippen molar-refractivity contribution in [3.8, 4) is 0 Å². The molecule has 2 N–H and O–H groups in total. The number of fused-ring (bicyclic) bond motifs is 1. The van der Waals surface area contributed by atoms with Crippen LogP contribution >= 0.6 is 34.7 Å². The average molecular weight is 403 g/mol. The second-order valence-corrected chi connectivity index (χ2v) is 8.72. The third-order valence-electron chi connectivity index (χ3n) is 4.05. The summed E-state index contributed by atoms with van der Waals surface area (Å²) in [6.07, 6.45) is 0.942. The minimum atomic E-state index is 0.502. The van der Waals surface area contributed by atoms with Crippen molar-refractivity contribution in [2.75, 3.05) is 17.6 Å². The van der Waals surface area contributed by atoms with E-state index in [1.54, 1.807) is 23.1 Å². The van der Waals surface area contributed by atoms with E-state index >= 15 is 0 Å². The van der Waals surface area contributed by atoms with Gasteiger partial charge in [-0.1, -0.05) is 46.8 Å². The van der Waals surface area contributed by atoms with E-state index in [0.717, 1.165) is 49.9 Å². The second kappa shape index (κ2) is 7.86. The Morgan fingerprint density at radius 3 is 2.88 bits per heavy atom. The minimum absolute atomic E-state index is 0.502. The van der Waals surface area contributed by atoms with E-state index in [1.807, 2.05) is 18.2 Å². The zero-order valence-corrected chi connectivity index (χ0v) is 16.7. The van der Waals surface area contributed by atoms with Crippen LogP contribution in [0.5, 0.6) is 0 Å². The highest BCUT2D eigenvalue weighted by atomic mass is 35.5. The Hall–Kier alpha value is -1.76. The Bertz CT molecular complexity index is 936. The maximum absolute atomic E-state index is 6.03. The molecule has 1 fully saturated rings. The van der Waals surface area contributed by atoms with Crippen LogP contribution in [-0.2, 0) is 6.42 Å². The molecule has 0 saturated carbocycles. The van der Waals surface area contributed by atoms with Gasteiger partial charge in [0.15, 0.2) is 10.3 Å². The Morgan fingerprint density at radius 1 is 1.27 bits per heavy atom. The molecule has 0 spiro atoms. The van der Waals surface area contributed by atoms with E-state index in [1.165, 1.54) is 5.56 Å². The first kappa shape index (κ1) is 17.6. The summed E-state index contributed by atoms with van der Waals surface area (Å²) < 4.78 is 1.11. The van der Waals surface area contributed by atoms with E-state index in [9.17, 15) is 0 Å². The molecule has 3 aromatic rings. The van der Waals surface area contributed by atoms with Gasteiger partial charge in [-0.3, -0.25) is 0 Å². The lowest BCUT2D eigenvalue weighted by molar-refractivity contribution is 0.768. The van der Waals surface area contributed by atoms with E-state index < -0.39 is 0 Å².